The van der Waals surface area contributed by atoms with Gasteiger partial charge in [-0.3, -0.25) is 4.79 Å². The van der Waals surface area contributed by atoms with Crippen molar-refractivity contribution in [3.8, 4) is 5.75 Å². The number of hydrogen-bond acceptors (Lipinski definition) is 4. The lowest BCUT2D eigenvalue weighted by atomic mass is 9.96. The third-order valence-corrected chi connectivity index (χ3v) is 3.88. The highest BCUT2D eigenvalue weighted by Gasteiger charge is 2.40. The van der Waals surface area contributed by atoms with Gasteiger partial charge in [0, 0.05) is 31.9 Å². The Hall–Kier alpha value is -1.91. The molecule has 0 spiro atoms. The van der Waals surface area contributed by atoms with Crippen molar-refractivity contribution in [2.45, 2.75) is 39.3 Å². The van der Waals surface area contributed by atoms with Crippen LogP contribution in [0.15, 0.2) is 18.2 Å². The van der Waals surface area contributed by atoms with E-state index in [-0.39, 0.29) is 12.0 Å². The lowest BCUT2D eigenvalue weighted by Crippen LogP contribution is -2.62. The summed E-state index contributed by atoms with van der Waals surface area (Å²) >= 11 is 0. The standard InChI is InChI=1S/C16H25N3O2/c1-11(2)21-14-10-12(6-7-13(14)17)19-9-8-18(5)15(20)16(19,3)4/h6-7,10-11H,8-9,17H2,1-5H3. The first-order valence-electron chi connectivity index (χ1n) is 7.33. The van der Waals surface area contributed by atoms with E-state index in [0.29, 0.717) is 18.0 Å². The van der Waals surface area contributed by atoms with E-state index in [1.54, 1.807) is 4.90 Å². The Morgan fingerprint density at radius 1 is 1.29 bits per heavy atom. The van der Waals surface area contributed by atoms with E-state index in [9.17, 15) is 4.79 Å². The number of amides is 1. The number of carbonyl (C=O) groups is 1. The smallest absolute Gasteiger partial charge is 0.247 e. The van der Waals surface area contributed by atoms with E-state index in [0.717, 1.165) is 12.2 Å². The highest BCUT2D eigenvalue weighted by Crippen LogP contribution is 2.33. The Morgan fingerprint density at radius 2 is 1.95 bits per heavy atom. The molecular formula is C16H25N3O2. The molecule has 1 aliphatic heterocycles. The van der Waals surface area contributed by atoms with Gasteiger partial charge >= 0.3 is 0 Å². The van der Waals surface area contributed by atoms with Crippen LogP contribution in [0, 0.1) is 0 Å². The predicted molar refractivity (Wildman–Crippen MR) is 85.7 cm³/mol. The summed E-state index contributed by atoms with van der Waals surface area (Å²) in [6, 6.07) is 5.71. The molecule has 1 amide bonds. The highest BCUT2D eigenvalue weighted by molar-refractivity contribution is 5.90. The van der Waals surface area contributed by atoms with Crippen LogP contribution in [-0.2, 0) is 4.79 Å². The highest BCUT2D eigenvalue weighted by atomic mass is 16.5. The molecule has 116 valence electrons. The molecule has 0 aliphatic carbocycles. The van der Waals surface area contributed by atoms with Crippen molar-refractivity contribution in [1.82, 2.24) is 4.90 Å². The molecule has 2 N–H and O–H groups in total. The van der Waals surface area contributed by atoms with Crippen molar-refractivity contribution >= 4 is 17.3 Å². The minimum absolute atomic E-state index is 0.0599. The molecular weight excluding hydrogens is 266 g/mol. The molecule has 0 aromatic heterocycles. The van der Waals surface area contributed by atoms with Crippen molar-refractivity contribution in [3.63, 3.8) is 0 Å². The topological polar surface area (TPSA) is 58.8 Å². The molecule has 2 rings (SSSR count). The average Bonchev–Trinajstić information content (AvgIpc) is 2.39. The van der Waals surface area contributed by atoms with Gasteiger partial charge < -0.3 is 20.3 Å². The maximum absolute atomic E-state index is 12.4. The van der Waals surface area contributed by atoms with Gasteiger partial charge in [0.15, 0.2) is 0 Å². The number of carbonyl (C=O) groups excluding carboxylic acids is 1. The van der Waals surface area contributed by atoms with Gasteiger partial charge in [-0.25, -0.2) is 0 Å². The monoisotopic (exact) mass is 291 g/mol. The third-order valence-electron chi connectivity index (χ3n) is 3.88. The summed E-state index contributed by atoms with van der Waals surface area (Å²) in [6.45, 7) is 9.34. The van der Waals surface area contributed by atoms with Crippen LogP contribution in [0.4, 0.5) is 11.4 Å². The molecule has 0 unspecified atom stereocenters. The number of nitrogens with two attached hydrogens (primary N) is 1. The number of nitrogen functional groups attached to an aromatic ring is 1. The van der Waals surface area contributed by atoms with E-state index in [1.807, 2.05) is 52.9 Å². The largest absolute Gasteiger partial charge is 0.489 e. The molecule has 0 saturated carbocycles. The zero-order valence-electron chi connectivity index (χ0n) is 13.5. The summed E-state index contributed by atoms with van der Waals surface area (Å²) in [5.41, 5.74) is 6.97. The van der Waals surface area contributed by atoms with Gasteiger partial charge in [-0.15, -0.1) is 0 Å². The van der Waals surface area contributed by atoms with Crippen LogP contribution < -0.4 is 15.4 Å². The van der Waals surface area contributed by atoms with Crippen LogP contribution in [-0.4, -0.2) is 42.6 Å². The predicted octanol–water partition coefficient (Wildman–Crippen LogP) is 2.11. The zero-order chi connectivity index (χ0) is 15.8. The van der Waals surface area contributed by atoms with Crippen LogP contribution >= 0.6 is 0 Å². The number of rotatable bonds is 3. The number of likely N-dealkylation sites (N-methyl/N-ethyl adjacent to an activating group) is 1. The first-order chi connectivity index (χ1) is 9.73. The summed E-state index contributed by atoms with van der Waals surface area (Å²) in [4.78, 5) is 16.3. The normalized spacial score (nSPS) is 18.3. The van der Waals surface area contributed by atoms with Crippen molar-refractivity contribution in [1.29, 1.82) is 0 Å². The zero-order valence-corrected chi connectivity index (χ0v) is 13.5. The maximum atomic E-state index is 12.4. The molecule has 1 heterocycles. The van der Waals surface area contributed by atoms with Crippen LogP contribution in [0.1, 0.15) is 27.7 Å². The maximum Gasteiger partial charge on any atom is 0.247 e. The Kier molecular flexibility index (Phi) is 4.03. The van der Waals surface area contributed by atoms with Crippen LogP contribution in [0.3, 0.4) is 0 Å². The number of piperazine rings is 1. The average molecular weight is 291 g/mol. The Bertz CT molecular complexity index is 540. The van der Waals surface area contributed by atoms with Crippen molar-refractivity contribution in [3.05, 3.63) is 18.2 Å². The lowest BCUT2D eigenvalue weighted by Gasteiger charge is -2.46. The Morgan fingerprint density at radius 3 is 2.57 bits per heavy atom. The van der Waals surface area contributed by atoms with Crippen molar-refractivity contribution in [2.75, 3.05) is 30.8 Å². The minimum atomic E-state index is -0.571. The molecule has 0 radical (unpaired) electrons. The molecule has 1 aliphatic rings. The summed E-state index contributed by atoms with van der Waals surface area (Å²) in [5.74, 6) is 0.793. The summed E-state index contributed by atoms with van der Waals surface area (Å²) in [5, 5.41) is 0. The van der Waals surface area contributed by atoms with E-state index in [1.165, 1.54) is 0 Å². The molecule has 21 heavy (non-hydrogen) atoms. The fourth-order valence-corrected chi connectivity index (χ4v) is 2.71. The number of nitrogens with zero attached hydrogens (tertiary/aromatic N) is 2. The van der Waals surface area contributed by atoms with Gasteiger partial charge in [0.2, 0.25) is 5.91 Å². The van der Waals surface area contributed by atoms with Crippen LogP contribution in [0.25, 0.3) is 0 Å². The lowest BCUT2D eigenvalue weighted by molar-refractivity contribution is -0.136. The fourth-order valence-electron chi connectivity index (χ4n) is 2.71. The second-order valence-electron chi connectivity index (χ2n) is 6.33. The molecule has 5 heteroatoms. The number of ether oxygens (including phenoxy) is 1. The van der Waals surface area contributed by atoms with Gasteiger partial charge in [0.1, 0.15) is 11.3 Å². The van der Waals surface area contributed by atoms with Gasteiger partial charge in [-0.2, -0.15) is 0 Å². The van der Waals surface area contributed by atoms with Crippen LogP contribution in [0.5, 0.6) is 5.75 Å². The SMILES string of the molecule is CC(C)Oc1cc(N2CCN(C)C(=O)C2(C)C)ccc1N. The number of hydrogen-bond donors (Lipinski definition) is 1. The van der Waals surface area contributed by atoms with Gasteiger partial charge in [-0.1, -0.05) is 0 Å². The second kappa shape index (κ2) is 5.47. The van der Waals surface area contributed by atoms with Crippen LogP contribution in [0.2, 0.25) is 0 Å². The van der Waals surface area contributed by atoms with Crippen molar-refractivity contribution < 1.29 is 9.53 Å². The molecule has 1 saturated heterocycles. The second-order valence-corrected chi connectivity index (χ2v) is 6.33. The van der Waals surface area contributed by atoms with E-state index >= 15 is 0 Å². The molecule has 1 aromatic carbocycles. The summed E-state index contributed by atoms with van der Waals surface area (Å²) in [7, 11) is 1.84. The molecule has 1 fully saturated rings. The minimum Gasteiger partial charge on any atom is -0.489 e. The fraction of sp³-hybridized carbons (Fsp3) is 0.562. The van der Waals surface area contributed by atoms with Crippen molar-refractivity contribution in [2.24, 2.45) is 0 Å². The molecule has 1 aromatic rings. The first-order valence-corrected chi connectivity index (χ1v) is 7.33. The molecule has 0 bridgehead atoms. The summed E-state index contributed by atoms with van der Waals surface area (Å²) in [6.07, 6.45) is 0.0599. The van der Waals surface area contributed by atoms with Gasteiger partial charge in [-0.05, 0) is 39.8 Å². The quantitative estimate of drug-likeness (QED) is 0.867. The third kappa shape index (κ3) is 2.91. The Balaban J connectivity index is 2.35. The van der Waals surface area contributed by atoms with E-state index < -0.39 is 5.54 Å². The number of anilines is 2. The van der Waals surface area contributed by atoms with E-state index in [2.05, 4.69) is 4.90 Å². The van der Waals surface area contributed by atoms with E-state index in [4.69, 9.17) is 10.5 Å². The van der Waals surface area contributed by atoms with Gasteiger partial charge in [0.25, 0.3) is 0 Å². The Labute approximate surface area is 126 Å². The molecule has 0 atom stereocenters. The molecule has 5 nitrogen and oxygen atoms in total. The summed E-state index contributed by atoms with van der Waals surface area (Å²) < 4.78 is 5.75. The number of benzene rings is 1. The van der Waals surface area contributed by atoms with Gasteiger partial charge in [0.05, 0.1) is 11.8 Å². The first kappa shape index (κ1) is 15.5.